The van der Waals surface area contributed by atoms with Crippen molar-refractivity contribution in [1.29, 1.82) is 0 Å². The molecule has 1 aromatic carbocycles. The minimum atomic E-state index is -0.622. The molecule has 0 unspecified atom stereocenters. The van der Waals surface area contributed by atoms with Gasteiger partial charge in [0.05, 0.1) is 18.3 Å². The van der Waals surface area contributed by atoms with Crippen LogP contribution in [-0.4, -0.2) is 19.0 Å². The number of rotatable bonds is 3. The number of carbonyl (C=O) groups is 2. The van der Waals surface area contributed by atoms with Crippen LogP contribution in [0.2, 0.25) is 0 Å². The first kappa shape index (κ1) is 14.3. The summed E-state index contributed by atoms with van der Waals surface area (Å²) in [7, 11) is 1.59. The molecule has 0 atom stereocenters. The number of carbonyl (C=O) groups excluding carboxylic acids is 2. The van der Waals surface area contributed by atoms with E-state index in [0.29, 0.717) is 0 Å². The van der Waals surface area contributed by atoms with Gasteiger partial charge in [0.15, 0.2) is 0 Å². The Morgan fingerprint density at radius 2 is 1.68 bits per heavy atom. The molecule has 0 radical (unpaired) electrons. The van der Waals surface area contributed by atoms with E-state index in [-0.39, 0.29) is 11.1 Å². The molecule has 110 valence electrons. The number of hydrogen-bond donors (Lipinski definition) is 0. The van der Waals surface area contributed by atoms with Crippen LogP contribution in [0.4, 0.5) is 0 Å². The zero-order valence-electron chi connectivity index (χ0n) is 11.7. The Bertz CT molecular complexity index is 768. The summed E-state index contributed by atoms with van der Waals surface area (Å²) in [5.74, 6) is -0.511. The van der Waals surface area contributed by atoms with Gasteiger partial charge >= 0.3 is 11.9 Å². The molecule has 0 N–H and O–H groups in total. The molecule has 0 spiro atoms. The van der Waals surface area contributed by atoms with Gasteiger partial charge in [-0.05, 0) is 41.3 Å². The molecule has 2 aromatic rings. The standard InChI is InChI=1S/C17H12O4S/c1-20-12-6-4-11(5-7-12)9-14-15(17(19)21-16(14)18)10-13-3-2-8-22-13/h2-10H,1H3/b14-9-,15-10+. The summed E-state index contributed by atoms with van der Waals surface area (Å²) in [6.07, 6.45) is 3.32. The number of ether oxygens (including phenoxy) is 2. The third-order valence-corrected chi connectivity index (χ3v) is 3.99. The van der Waals surface area contributed by atoms with Crippen molar-refractivity contribution in [2.24, 2.45) is 0 Å². The summed E-state index contributed by atoms with van der Waals surface area (Å²) < 4.78 is 9.81. The van der Waals surface area contributed by atoms with E-state index in [0.717, 1.165) is 16.2 Å². The summed E-state index contributed by atoms with van der Waals surface area (Å²) in [4.78, 5) is 24.6. The molecular weight excluding hydrogens is 300 g/mol. The van der Waals surface area contributed by atoms with Gasteiger partial charge in [-0.3, -0.25) is 0 Å². The lowest BCUT2D eigenvalue weighted by Gasteiger charge is -2.00. The largest absolute Gasteiger partial charge is 0.497 e. The van der Waals surface area contributed by atoms with Gasteiger partial charge < -0.3 is 9.47 Å². The van der Waals surface area contributed by atoms with Crippen LogP contribution >= 0.6 is 11.3 Å². The summed E-state index contributed by atoms with van der Waals surface area (Å²) >= 11 is 1.49. The van der Waals surface area contributed by atoms with E-state index in [1.807, 2.05) is 29.6 Å². The number of cyclic esters (lactones) is 2. The highest BCUT2D eigenvalue weighted by Crippen LogP contribution is 2.28. The molecule has 1 aromatic heterocycles. The van der Waals surface area contributed by atoms with Crippen molar-refractivity contribution in [3.63, 3.8) is 0 Å². The third-order valence-electron chi connectivity index (χ3n) is 3.17. The second-order valence-corrected chi connectivity index (χ2v) is 5.56. The molecule has 2 heterocycles. The summed E-state index contributed by atoms with van der Waals surface area (Å²) in [6, 6.07) is 11.0. The normalized spacial score (nSPS) is 18.0. The SMILES string of the molecule is COc1ccc(/C=C2\C(=O)OC(=O)\C2=C\c2cccs2)cc1. The van der Waals surface area contributed by atoms with Crippen LogP contribution in [0.15, 0.2) is 52.9 Å². The average Bonchev–Trinajstić information content (AvgIpc) is 3.12. The monoisotopic (exact) mass is 312 g/mol. The second kappa shape index (κ2) is 5.99. The minimum absolute atomic E-state index is 0.267. The Labute approximate surface area is 131 Å². The van der Waals surface area contributed by atoms with Crippen LogP contribution < -0.4 is 4.74 Å². The number of thiophene rings is 1. The predicted octanol–water partition coefficient (Wildman–Crippen LogP) is 3.31. The molecule has 0 amide bonds. The molecule has 1 aliphatic rings. The smallest absolute Gasteiger partial charge is 0.346 e. The average molecular weight is 312 g/mol. The maximum Gasteiger partial charge on any atom is 0.346 e. The van der Waals surface area contributed by atoms with Gasteiger partial charge in [-0.15, -0.1) is 11.3 Å². The van der Waals surface area contributed by atoms with Gasteiger partial charge in [-0.1, -0.05) is 18.2 Å². The summed E-state index contributed by atoms with van der Waals surface area (Å²) in [5, 5.41) is 1.90. The molecule has 0 aliphatic carbocycles. The zero-order valence-corrected chi connectivity index (χ0v) is 12.6. The number of methoxy groups -OCH3 is 1. The highest BCUT2D eigenvalue weighted by molar-refractivity contribution is 7.10. The Kier molecular flexibility index (Phi) is 3.89. The van der Waals surface area contributed by atoms with Gasteiger partial charge in [0.2, 0.25) is 0 Å². The predicted molar refractivity (Wildman–Crippen MR) is 84.4 cm³/mol. The first-order valence-electron chi connectivity index (χ1n) is 6.55. The molecule has 0 bridgehead atoms. The van der Waals surface area contributed by atoms with E-state index < -0.39 is 11.9 Å². The Balaban J connectivity index is 1.99. The molecule has 1 aliphatic heterocycles. The van der Waals surface area contributed by atoms with Crippen LogP contribution in [0.3, 0.4) is 0 Å². The van der Waals surface area contributed by atoms with Gasteiger partial charge in [-0.25, -0.2) is 9.59 Å². The second-order valence-electron chi connectivity index (χ2n) is 4.58. The van der Waals surface area contributed by atoms with E-state index >= 15 is 0 Å². The molecule has 0 saturated carbocycles. The van der Waals surface area contributed by atoms with Gasteiger partial charge in [0, 0.05) is 4.88 Å². The van der Waals surface area contributed by atoms with Gasteiger partial charge in [0.25, 0.3) is 0 Å². The zero-order chi connectivity index (χ0) is 15.5. The van der Waals surface area contributed by atoms with Crippen molar-refractivity contribution in [3.05, 3.63) is 63.4 Å². The van der Waals surface area contributed by atoms with Gasteiger partial charge in [0.1, 0.15) is 5.75 Å². The molecular formula is C17H12O4S. The van der Waals surface area contributed by atoms with Crippen LogP contribution in [0.5, 0.6) is 5.75 Å². The number of hydrogen-bond acceptors (Lipinski definition) is 5. The maximum atomic E-state index is 11.9. The fourth-order valence-electron chi connectivity index (χ4n) is 2.07. The molecule has 22 heavy (non-hydrogen) atoms. The molecule has 3 rings (SSSR count). The van der Waals surface area contributed by atoms with E-state index in [4.69, 9.17) is 9.47 Å². The molecule has 4 nitrogen and oxygen atoms in total. The quantitative estimate of drug-likeness (QED) is 0.496. The maximum absolute atomic E-state index is 11.9. The van der Waals surface area contributed by atoms with Gasteiger partial charge in [-0.2, -0.15) is 0 Å². The van der Waals surface area contributed by atoms with Crippen molar-refractivity contribution in [2.45, 2.75) is 0 Å². The summed E-state index contributed by atoms with van der Waals surface area (Å²) in [6.45, 7) is 0. The van der Waals surface area contributed by atoms with Crippen molar-refractivity contribution >= 4 is 35.4 Å². The number of esters is 2. The highest BCUT2D eigenvalue weighted by Gasteiger charge is 2.33. The van der Waals surface area contributed by atoms with Crippen LogP contribution in [0.25, 0.3) is 12.2 Å². The van der Waals surface area contributed by atoms with Crippen molar-refractivity contribution in [3.8, 4) is 5.75 Å². The van der Waals surface area contributed by atoms with Crippen molar-refractivity contribution in [1.82, 2.24) is 0 Å². The lowest BCUT2D eigenvalue weighted by Crippen LogP contribution is -1.97. The van der Waals surface area contributed by atoms with Crippen molar-refractivity contribution < 1.29 is 19.1 Å². The van der Waals surface area contributed by atoms with E-state index in [1.165, 1.54) is 11.3 Å². The Morgan fingerprint density at radius 3 is 2.27 bits per heavy atom. The minimum Gasteiger partial charge on any atom is -0.497 e. The Morgan fingerprint density at radius 1 is 1.00 bits per heavy atom. The lowest BCUT2D eigenvalue weighted by atomic mass is 10.0. The molecule has 5 heteroatoms. The molecule has 1 fully saturated rings. The fourth-order valence-corrected chi connectivity index (χ4v) is 2.73. The van der Waals surface area contributed by atoms with E-state index in [9.17, 15) is 9.59 Å². The van der Waals surface area contributed by atoms with Crippen LogP contribution in [-0.2, 0) is 14.3 Å². The highest BCUT2D eigenvalue weighted by atomic mass is 32.1. The van der Waals surface area contributed by atoms with Crippen LogP contribution in [0.1, 0.15) is 10.4 Å². The lowest BCUT2D eigenvalue weighted by molar-refractivity contribution is -0.149. The van der Waals surface area contributed by atoms with Crippen LogP contribution in [0, 0.1) is 0 Å². The van der Waals surface area contributed by atoms with E-state index in [2.05, 4.69) is 0 Å². The first-order valence-corrected chi connectivity index (χ1v) is 7.43. The molecule has 1 saturated heterocycles. The fraction of sp³-hybridized carbons (Fsp3) is 0.0588. The number of benzene rings is 1. The Hall–Kier alpha value is -2.66. The summed E-state index contributed by atoms with van der Waals surface area (Å²) in [5.41, 5.74) is 1.34. The van der Waals surface area contributed by atoms with Crippen molar-refractivity contribution in [2.75, 3.05) is 7.11 Å². The topological polar surface area (TPSA) is 52.6 Å². The first-order chi connectivity index (χ1) is 10.7. The third kappa shape index (κ3) is 2.84. The van der Waals surface area contributed by atoms with E-state index in [1.54, 1.807) is 31.4 Å².